The summed E-state index contributed by atoms with van der Waals surface area (Å²) in [7, 11) is 0. The molecule has 17 heavy (non-hydrogen) atoms. The maximum atomic E-state index is 11.7. The summed E-state index contributed by atoms with van der Waals surface area (Å²) >= 11 is 5.79. The first-order chi connectivity index (χ1) is 8.13. The van der Waals surface area contributed by atoms with Crippen LogP contribution in [-0.2, 0) is 4.74 Å². The number of hydrogen-bond donors (Lipinski definition) is 1. The van der Waals surface area contributed by atoms with E-state index in [1.165, 1.54) is 0 Å². The number of rotatable bonds is 6. The predicted molar refractivity (Wildman–Crippen MR) is 67.4 cm³/mol. The average Bonchev–Trinajstić information content (AvgIpc) is 2.27. The first-order valence-corrected chi connectivity index (χ1v) is 6.01. The minimum absolute atomic E-state index is 0.131. The van der Waals surface area contributed by atoms with Gasteiger partial charge >= 0.3 is 0 Å². The smallest absolute Gasteiger partial charge is 0.251 e. The van der Waals surface area contributed by atoms with E-state index in [4.69, 9.17) is 16.3 Å². The molecule has 1 aromatic rings. The number of aryl methyl sites for hydroxylation is 1. The molecule has 94 valence electrons. The van der Waals surface area contributed by atoms with Crippen LogP contribution in [0.4, 0.5) is 0 Å². The number of pyridine rings is 1. The number of carbonyl (C=O) groups excluding carboxylic acids is 1. The van der Waals surface area contributed by atoms with Crippen molar-refractivity contribution in [3.05, 3.63) is 28.5 Å². The molecule has 0 aromatic carbocycles. The van der Waals surface area contributed by atoms with Crippen LogP contribution < -0.4 is 5.32 Å². The Morgan fingerprint density at radius 2 is 2.29 bits per heavy atom. The van der Waals surface area contributed by atoms with Crippen molar-refractivity contribution in [1.82, 2.24) is 10.3 Å². The Hall–Kier alpha value is -1.13. The molecule has 0 aliphatic carbocycles. The van der Waals surface area contributed by atoms with E-state index in [2.05, 4.69) is 10.3 Å². The molecule has 0 saturated carbocycles. The standard InChI is InChI=1S/C12H17ClN2O2/c1-3-17-6-4-5-14-12(16)10-7-9(2)15-11(13)8-10/h7-8H,3-6H2,1-2H3,(H,14,16). The number of amides is 1. The van der Waals surface area contributed by atoms with Crippen LogP contribution in [0.5, 0.6) is 0 Å². The highest BCUT2D eigenvalue weighted by Gasteiger charge is 2.06. The highest BCUT2D eigenvalue weighted by atomic mass is 35.5. The van der Waals surface area contributed by atoms with Gasteiger partial charge in [-0.2, -0.15) is 0 Å². The van der Waals surface area contributed by atoms with Crippen molar-refractivity contribution in [3.8, 4) is 0 Å². The van der Waals surface area contributed by atoms with Gasteiger partial charge in [0.2, 0.25) is 0 Å². The molecule has 1 rings (SSSR count). The maximum absolute atomic E-state index is 11.7. The molecule has 0 fully saturated rings. The molecule has 1 amide bonds. The van der Waals surface area contributed by atoms with Crippen molar-refractivity contribution in [3.63, 3.8) is 0 Å². The topological polar surface area (TPSA) is 51.2 Å². The molecule has 1 aromatic heterocycles. The number of nitrogens with one attached hydrogen (secondary N) is 1. The largest absolute Gasteiger partial charge is 0.382 e. The molecule has 0 unspecified atom stereocenters. The summed E-state index contributed by atoms with van der Waals surface area (Å²) in [5.41, 5.74) is 1.27. The molecule has 0 aliphatic heterocycles. The van der Waals surface area contributed by atoms with Crippen LogP contribution in [0.2, 0.25) is 5.15 Å². The van der Waals surface area contributed by atoms with Crippen LogP contribution >= 0.6 is 11.6 Å². The Kier molecular flexibility index (Phi) is 5.94. The molecule has 5 heteroatoms. The SMILES string of the molecule is CCOCCCNC(=O)c1cc(C)nc(Cl)c1. The zero-order valence-electron chi connectivity index (χ0n) is 10.1. The molecule has 1 heterocycles. The van der Waals surface area contributed by atoms with E-state index in [9.17, 15) is 4.79 Å². The second-order valence-corrected chi connectivity index (χ2v) is 4.01. The van der Waals surface area contributed by atoms with Gasteiger partial charge in [-0.3, -0.25) is 4.79 Å². The second kappa shape index (κ2) is 7.25. The normalized spacial score (nSPS) is 10.3. The van der Waals surface area contributed by atoms with E-state index in [-0.39, 0.29) is 5.91 Å². The molecular formula is C12H17ClN2O2. The molecule has 4 nitrogen and oxygen atoms in total. The second-order valence-electron chi connectivity index (χ2n) is 3.63. The summed E-state index contributed by atoms with van der Waals surface area (Å²) in [4.78, 5) is 15.7. The van der Waals surface area contributed by atoms with Crippen molar-refractivity contribution in [2.75, 3.05) is 19.8 Å². The van der Waals surface area contributed by atoms with Gasteiger partial charge in [0.05, 0.1) is 0 Å². The molecule has 0 aliphatic rings. The highest BCUT2D eigenvalue weighted by Crippen LogP contribution is 2.10. The molecule has 0 atom stereocenters. The van der Waals surface area contributed by atoms with Crippen LogP contribution in [-0.4, -0.2) is 30.6 Å². The third kappa shape index (κ3) is 5.15. The van der Waals surface area contributed by atoms with Gasteiger partial charge in [-0.25, -0.2) is 4.98 Å². The summed E-state index contributed by atoms with van der Waals surface area (Å²) < 4.78 is 5.18. The molecule has 0 bridgehead atoms. The number of hydrogen-bond acceptors (Lipinski definition) is 3. The Labute approximate surface area is 106 Å². The Balaban J connectivity index is 2.41. The zero-order chi connectivity index (χ0) is 12.7. The Bertz CT molecular complexity index is 363. The van der Waals surface area contributed by atoms with Crippen molar-refractivity contribution < 1.29 is 9.53 Å². The number of nitrogens with zero attached hydrogens (tertiary/aromatic N) is 1. The van der Waals surface area contributed by atoms with Crippen molar-refractivity contribution in [2.45, 2.75) is 20.3 Å². The van der Waals surface area contributed by atoms with Gasteiger partial charge in [0, 0.05) is 31.0 Å². The summed E-state index contributed by atoms with van der Waals surface area (Å²) in [5, 5.41) is 3.14. The summed E-state index contributed by atoms with van der Waals surface area (Å²) in [5.74, 6) is -0.131. The minimum atomic E-state index is -0.131. The van der Waals surface area contributed by atoms with Gasteiger partial charge in [0.15, 0.2) is 0 Å². The fourth-order valence-corrected chi connectivity index (χ4v) is 1.63. The number of halogens is 1. The first kappa shape index (κ1) is 13.9. The Morgan fingerprint density at radius 1 is 1.53 bits per heavy atom. The monoisotopic (exact) mass is 256 g/mol. The van der Waals surface area contributed by atoms with Gasteiger partial charge in [0.25, 0.3) is 5.91 Å². The van der Waals surface area contributed by atoms with Gasteiger partial charge < -0.3 is 10.1 Å². The number of aromatic nitrogens is 1. The van der Waals surface area contributed by atoms with E-state index >= 15 is 0 Å². The third-order valence-electron chi connectivity index (χ3n) is 2.14. The van der Waals surface area contributed by atoms with E-state index in [0.29, 0.717) is 30.5 Å². The highest BCUT2D eigenvalue weighted by molar-refractivity contribution is 6.29. The lowest BCUT2D eigenvalue weighted by Gasteiger charge is -2.06. The molecule has 1 N–H and O–H groups in total. The van der Waals surface area contributed by atoms with E-state index in [0.717, 1.165) is 12.1 Å². The number of carbonyl (C=O) groups is 1. The van der Waals surface area contributed by atoms with Crippen molar-refractivity contribution in [1.29, 1.82) is 0 Å². The lowest BCUT2D eigenvalue weighted by Crippen LogP contribution is -2.25. The van der Waals surface area contributed by atoms with E-state index < -0.39 is 0 Å². The predicted octanol–water partition coefficient (Wildman–Crippen LogP) is 2.20. The van der Waals surface area contributed by atoms with Gasteiger partial charge in [-0.1, -0.05) is 11.6 Å². The fourth-order valence-electron chi connectivity index (χ4n) is 1.38. The van der Waals surface area contributed by atoms with Crippen LogP contribution in [0.1, 0.15) is 29.4 Å². The van der Waals surface area contributed by atoms with E-state index in [1.807, 2.05) is 6.92 Å². The molecule has 0 radical (unpaired) electrons. The molecular weight excluding hydrogens is 240 g/mol. The zero-order valence-corrected chi connectivity index (χ0v) is 10.9. The number of ether oxygens (including phenoxy) is 1. The summed E-state index contributed by atoms with van der Waals surface area (Å²) in [6.45, 7) is 5.70. The van der Waals surface area contributed by atoms with Gasteiger partial charge in [-0.15, -0.1) is 0 Å². The van der Waals surface area contributed by atoms with Gasteiger partial charge in [-0.05, 0) is 32.4 Å². The molecule has 0 saturated heterocycles. The average molecular weight is 257 g/mol. The van der Waals surface area contributed by atoms with E-state index in [1.54, 1.807) is 19.1 Å². The minimum Gasteiger partial charge on any atom is -0.382 e. The lowest BCUT2D eigenvalue weighted by molar-refractivity contribution is 0.0944. The van der Waals surface area contributed by atoms with Crippen molar-refractivity contribution in [2.24, 2.45) is 0 Å². The lowest BCUT2D eigenvalue weighted by atomic mass is 10.2. The summed E-state index contributed by atoms with van der Waals surface area (Å²) in [6, 6.07) is 3.27. The van der Waals surface area contributed by atoms with Crippen LogP contribution in [0.25, 0.3) is 0 Å². The van der Waals surface area contributed by atoms with Crippen LogP contribution in [0.15, 0.2) is 12.1 Å². The third-order valence-corrected chi connectivity index (χ3v) is 2.33. The summed E-state index contributed by atoms with van der Waals surface area (Å²) in [6.07, 6.45) is 0.803. The van der Waals surface area contributed by atoms with Crippen LogP contribution in [0.3, 0.4) is 0 Å². The van der Waals surface area contributed by atoms with Crippen molar-refractivity contribution >= 4 is 17.5 Å². The van der Waals surface area contributed by atoms with Gasteiger partial charge in [0.1, 0.15) is 5.15 Å². The quantitative estimate of drug-likeness (QED) is 0.627. The molecule has 0 spiro atoms. The fraction of sp³-hybridized carbons (Fsp3) is 0.500. The van der Waals surface area contributed by atoms with Crippen LogP contribution in [0, 0.1) is 6.92 Å². The Morgan fingerprint density at radius 3 is 2.94 bits per heavy atom. The maximum Gasteiger partial charge on any atom is 0.251 e. The first-order valence-electron chi connectivity index (χ1n) is 5.63.